The highest BCUT2D eigenvalue weighted by atomic mass is 35.5. The van der Waals surface area contributed by atoms with Crippen LogP contribution in [-0.2, 0) is 4.79 Å². The Bertz CT molecular complexity index is 605. The number of carbonyl (C=O) groups is 1. The molecule has 4 nitrogen and oxygen atoms in total. The van der Waals surface area contributed by atoms with Gasteiger partial charge in [-0.25, -0.2) is 4.39 Å². The molecule has 19 heavy (non-hydrogen) atoms. The predicted octanol–water partition coefficient (Wildman–Crippen LogP) is 3.37. The van der Waals surface area contributed by atoms with E-state index in [0.717, 1.165) is 15.4 Å². The van der Waals surface area contributed by atoms with Crippen LogP contribution in [0, 0.1) is 12.7 Å². The summed E-state index contributed by atoms with van der Waals surface area (Å²) in [6, 6.07) is 3.82. The van der Waals surface area contributed by atoms with Gasteiger partial charge >= 0.3 is 0 Å². The second kappa shape index (κ2) is 6.31. The van der Waals surface area contributed by atoms with Gasteiger partial charge in [0.05, 0.1) is 16.5 Å². The molecule has 0 aliphatic carbocycles. The van der Waals surface area contributed by atoms with Crippen molar-refractivity contribution in [2.24, 2.45) is 0 Å². The van der Waals surface area contributed by atoms with Gasteiger partial charge in [0.2, 0.25) is 5.91 Å². The minimum atomic E-state index is -0.443. The second-order valence-corrected chi connectivity index (χ2v) is 6.36. The van der Waals surface area contributed by atoms with Crippen molar-refractivity contribution >= 4 is 46.3 Å². The average molecular weight is 318 g/mol. The fraction of sp³-hybridized carbons (Fsp3) is 0.182. The van der Waals surface area contributed by atoms with Gasteiger partial charge in [-0.3, -0.25) is 4.79 Å². The van der Waals surface area contributed by atoms with E-state index in [4.69, 9.17) is 11.6 Å². The number of amides is 1. The van der Waals surface area contributed by atoms with Gasteiger partial charge < -0.3 is 5.32 Å². The van der Waals surface area contributed by atoms with Gasteiger partial charge in [-0.05, 0) is 25.1 Å². The number of aryl methyl sites for hydroxylation is 1. The van der Waals surface area contributed by atoms with Gasteiger partial charge in [-0.15, -0.1) is 10.2 Å². The first kappa shape index (κ1) is 14.2. The van der Waals surface area contributed by atoms with Crippen molar-refractivity contribution in [3.05, 3.63) is 34.0 Å². The molecule has 0 saturated carbocycles. The Balaban J connectivity index is 1.90. The lowest BCUT2D eigenvalue weighted by Gasteiger charge is -2.06. The van der Waals surface area contributed by atoms with Crippen LogP contribution in [0.5, 0.6) is 0 Å². The molecule has 0 bridgehead atoms. The van der Waals surface area contributed by atoms with Crippen molar-refractivity contribution < 1.29 is 9.18 Å². The van der Waals surface area contributed by atoms with Crippen LogP contribution in [0.1, 0.15) is 5.01 Å². The summed E-state index contributed by atoms with van der Waals surface area (Å²) in [5, 5.41) is 11.4. The molecule has 0 spiro atoms. The molecule has 0 saturated heterocycles. The Morgan fingerprint density at radius 1 is 1.53 bits per heavy atom. The number of anilines is 1. The molecular weight excluding hydrogens is 309 g/mol. The number of nitrogens with one attached hydrogen (secondary N) is 1. The van der Waals surface area contributed by atoms with E-state index in [9.17, 15) is 9.18 Å². The van der Waals surface area contributed by atoms with E-state index in [1.165, 1.54) is 35.2 Å². The maximum Gasteiger partial charge on any atom is 0.234 e. The number of carbonyl (C=O) groups excluding carboxylic acids is 1. The van der Waals surface area contributed by atoms with Crippen LogP contribution in [-0.4, -0.2) is 21.9 Å². The molecule has 0 atom stereocenters. The molecule has 0 unspecified atom stereocenters. The van der Waals surface area contributed by atoms with E-state index < -0.39 is 5.82 Å². The quantitative estimate of drug-likeness (QED) is 0.878. The molecule has 0 radical (unpaired) electrons. The van der Waals surface area contributed by atoms with E-state index >= 15 is 0 Å². The zero-order valence-corrected chi connectivity index (χ0v) is 12.2. The van der Waals surface area contributed by atoms with E-state index in [-0.39, 0.29) is 16.7 Å². The van der Waals surface area contributed by atoms with Crippen molar-refractivity contribution in [1.29, 1.82) is 0 Å². The SMILES string of the molecule is Cc1nnc(SCC(=O)Nc2ccc(F)cc2Cl)s1. The number of rotatable bonds is 4. The highest BCUT2D eigenvalue weighted by Gasteiger charge is 2.09. The summed E-state index contributed by atoms with van der Waals surface area (Å²) in [4.78, 5) is 11.7. The number of hydrogen-bond donors (Lipinski definition) is 1. The topological polar surface area (TPSA) is 54.9 Å². The monoisotopic (exact) mass is 317 g/mol. The number of benzene rings is 1. The summed E-state index contributed by atoms with van der Waals surface area (Å²) < 4.78 is 13.6. The second-order valence-electron chi connectivity index (χ2n) is 3.55. The first-order chi connectivity index (χ1) is 9.04. The van der Waals surface area contributed by atoms with Crippen molar-refractivity contribution in [2.75, 3.05) is 11.1 Å². The molecule has 100 valence electrons. The van der Waals surface area contributed by atoms with E-state index in [1.807, 2.05) is 6.92 Å². The molecule has 1 amide bonds. The third kappa shape index (κ3) is 4.15. The molecule has 1 aromatic heterocycles. The fourth-order valence-electron chi connectivity index (χ4n) is 1.24. The number of aromatic nitrogens is 2. The van der Waals surface area contributed by atoms with Gasteiger partial charge in [-0.1, -0.05) is 34.7 Å². The Hall–Kier alpha value is -1.18. The average Bonchev–Trinajstić information content (AvgIpc) is 2.76. The van der Waals surface area contributed by atoms with Gasteiger partial charge in [0.1, 0.15) is 10.8 Å². The van der Waals surface area contributed by atoms with E-state index in [1.54, 1.807) is 0 Å². The minimum Gasteiger partial charge on any atom is -0.324 e. The molecule has 1 N–H and O–H groups in total. The number of halogens is 2. The Labute approximate surface area is 122 Å². The zero-order valence-electron chi connectivity index (χ0n) is 9.81. The molecule has 0 aliphatic heterocycles. The zero-order chi connectivity index (χ0) is 13.8. The van der Waals surface area contributed by atoms with Crippen LogP contribution >= 0.6 is 34.7 Å². The lowest BCUT2D eigenvalue weighted by molar-refractivity contribution is -0.113. The first-order valence-electron chi connectivity index (χ1n) is 5.22. The van der Waals surface area contributed by atoms with Gasteiger partial charge in [0.25, 0.3) is 0 Å². The van der Waals surface area contributed by atoms with Crippen LogP contribution in [0.15, 0.2) is 22.5 Å². The summed E-state index contributed by atoms with van der Waals surface area (Å²) in [6.07, 6.45) is 0. The maximum atomic E-state index is 12.8. The van der Waals surface area contributed by atoms with Crippen molar-refractivity contribution in [2.45, 2.75) is 11.3 Å². The third-order valence-electron chi connectivity index (χ3n) is 2.04. The third-order valence-corrected chi connectivity index (χ3v) is 4.32. The molecule has 8 heteroatoms. The lowest BCUT2D eigenvalue weighted by Crippen LogP contribution is -2.14. The van der Waals surface area contributed by atoms with Crippen LogP contribution in [0.4, 0.5) is 10.1 Å². The standard InChI is InChI=1S/C11H9ClFN3OS2/c1-6-15-16-11(19-6)18-5-10(17)14-9-3-2-7(13)4-8(9)12/h2-4H,5H2,1H3,(H,14,17). The molecule has 0 fully saturated rings. The first-order valence-corrected chi connectivity index (χ1v) is 7.40. The smallest absolute Gasteiger partial charge is 0.234 e. The van der Waals surface area contributed by atoms with Gasteiger partial charge in [0.15, 0.2) is 4.34 Å². The predicted molar refractivity (Wildman–Crippen MR) is 75.4 cm³/mol. The molecule has 1 heterocycles. The summed E-state index contributed by atoms with van der Waals surface area (Å²) in [7, 11) is 0. The van der Waals surface area contributed by atoms with Crippen LogP contribution in [0.3, 0.4) is 0 Å². The number of thioether (sulfide) groups is 1. The highest BCUT2D eigenvalue weighted by Crippen LogP contribution is 2.24. The molecule has 0 aliphatic rings. The van der Waals surface area contributed by atoms with Crippen molar-refractivity contribution in [3.8, 4) is 0 Å². The molecular formula is C11H9ClFN3OS2. The fourth-order valence-corrected chi connectivity index (χ4v) is 3.07. The molecule has 1 aromatic carbocycles. The molecule has 2 rings (SSSR count). The maximum absolute atomic E-state index is 12.8. The number of nitrogens with zero attached hydrogens (tertiary/aromatic N) is 2. The summed E-state index contributed by atoms with van der Waals surface area (Å²) in [5.41, 5.74) is 0.391. The lowest BCUT2D eigenvalue weighted by atomic mass is 10.3. The van der Waals surface area contributed by atoms with Gasteiger partial charge in [-0.2, -0.15) is 0 Å². The summed E-state index contributed by atoms with van der Waals surface area (Å²) in [6.45, 7) is 1.85. The Morgan fingerprint density at radius 2 is 2.32 bits per heavy atom. The highest BCUT2D eigenvalue weighted by molar-refractivity contribution is 8.01. The molecule has 2 aromatic rings. The van der Waals surface area contributed by atoms with Crippen molar-refractivity contribution in [3.63, 3.8) is 0 Å². The largest absolute Gasteiger partial charge is 0.324 e. The van der Waals surface area contributed by atoms with E-state index in [2.05, 4.69) is 15.5 Å². The Morgan fingerprint density at radius 3 is 2.95 bits per heavy atom. The van der Waals surface area contributed by atoms with Crippen LogP contribution < -0.4 is 5.32 Å². The van der Waals surface area contributed by atoms with Crippen LogP contribution in [0.25, 0.3) is 0 Å². The van der Waals surface area contributed by atoms with Gasteiger partial charge in [0, 0.05) is 0 Å². The van der Waals surface area contributed by atoms with Crippen molar-refractivity contribution in [1.82, 2.24) is 10.2 Å². The summed E-state index contributed by atoms with van der Waals surface area (Å²) >= 11 is 8.53. The minimum absolute atomic E-state index is 0.171. The van der Waals surface area contributed by atoms with E-state index in [0.29, 0.717) is 5.69 Å². The number of hydrogen-bond acceptors (Lipinski definition) is 5. The summed E-state index contributed by atoms with van der Waals surface area (Å²) in [5.74, 6) is -0.476. The Kier molecular flexibility index (Phi) is 4.73. The normalized spacial score (nSPS) is 10.5. The van der Waals surface area contributed by atoms with Crippen LogP contribution in [0.2, 0.25) is 5.02 Å².